The summed E-state index contributed by atoms with van der Waals surface area (Å²) in [5.74, 6) is 2.62. The largest absolute Gasteiger partial charge is 0.423 e. The van der Waals surface area contributed by atoms with Crippen LogP contribution in [0.25, 0.3) is 0 Å². The molecule has 16 heavy (non-hydrogen) atoms. The predicted molar refractivity (Wildman–Crippen MR) is 63.7 cm³/mol. The Morgan fingerprint density at radius 1 is 1.31 bits per heavy atom. The Hall–Kier alpha value is -2.05. The van der Waals surface area contributed by atoms with Crippen LogP contribution in [-0.2, 0) is 0 Å². The van der Waals surface area contributed by atoms with Gasteiger partial charge in [-0.25, -0.2) is 4.79 Å². The summed E-state index contributed by atoms with van der Waals surface area (Å²) >= 11 is 1.35. The highest BCUT2D eigenvalue weighted by Gasteiger charge is 2.10. The van der Waals surface area contributed by atoms with Gasteiger partial charge >= 0.3 is 5.97 Å². The van der Waals surface area contributed by atoms with E-state index in [4.69, 9.17) is 11.2 Å². The number of carbonyl (C=O) groups is 1. The minimum Gasteiger partial charge on any atom is -0.423 e. The van der Waals surface area contributed by atoms with Gasteiger partial charge in [-0.3, -0.25) is 0 Å². The van der Waals surface area contributed by atoms with Crippen LogP contribution in [0, 0.1) is 12.3 Å². The molecule has 0 fully saturated rings. The maximum absolute atomic E-state index is 11.7. The van der Waals surface area contributed by atoms with Gasteiger partial charge in [0.15, 0.2) is 0 Å². The van der Waals surface area contributed by atoms with Gasteiger partial charge in [0.2, 0.25) is 0 Å². The number of ether oxygens (including phenoxy) is 1. The van der Waals surface area contributed by atoms with Crippen LogP contribution in [0.5, 0.6) is 5.75 Å². The van der Waals surface area contributed by atoms with Crippen molar-refractivity contribution in [2.45, 2.75) is 0 Å². The topological polar surface area (TPSA) is 26.3 Å². The van der Waals surface area contributed by atoms with Crippen LogP contribution in [0.4, 0.5) is 0 Å². The second-order valence-electron chi connectivity index (χ2n) is 3.05. The van der Waals surface area contributed by atoms with Crippen LogP contribution < -0.4 is 4.74 Å². The fourth-order valence-corrected chi connectivity index (χ4v) is 1.85. The zero-order chi connectivity index (χ0) is 11.4. The van der Waals surface area contributed by atoms with Crippen LogP contribution in [0.15, 0.2) is 41.8 Å². The fraction of sp³-hybridized carbons (Fsp3) is 0. The minimum absolute atomic E-state index is 0.385. The van der Waals surface area contributed by atoms with Gasteiger partial charge in [0, 0.05) is 5.38 Å². The number of hydrogen-bond acceptors (Lipinski definition) is 3. The average Bonchev–Trinajstić information content (AvgIpc) is 2.79. The van der Waals surface area contributed by atoms with Gasteiger partial charge in [-0.1, -0.05) is 24.1 Å². The summed E-state index contributed by atoms with van der Waals surface area (Å²) in [6.07, 6.45) is 5.22. The molecule has 2 nitrogen and oxygen atoms in total. The lowest BCUT2D eigenvalue weighted by atomic mass is 10.3. The molecule has 0 saturated heterocycles. The Bertz CT molecular complexity index is 535. The van der Waals surface area contributed by atoms with Crippen LogP contribution in [0.3, 0.4) is 0 Å². The molecule has 2 aromatic rings. The molecule has 0 spiro atoms. The summed E-state index contributed by atoms with van der Waals surface area (Å²) in [6.45, 7) is 0. The molecular formula is C13H8O2S. The van der Waals surface area contributed by atoms with Crippen LogP contribution in [0.1, 0.15) is 15.2 Å². The summed E-state index contributed by atoms with van der Waals surface area (Å²) in [4.78, 5) is 12.4. The summed E-state index contributed by atoms with van der Waals surface area (Å²) in [5, 5.41) is 1.69. The number of thiophene rings is 1. The van der Waals surface area contributed by atoms with E-state index < -0.39 is 0 Å². The predicted octanol–water partition coefficient (Wildman–Crippen LogP) is 2.95. The first-order valence-corrected chi connectivity index (χ1v) is 5.50. The van der Waals surface area contributed by atoms with Gasteiger partial charge in [0.1, 0.15) is 5.75 Å². The standard InChI is InChI=1S/C13H8O2S/c1-2-12-8-10(9-16-12)13(14)15-11-6-4-3-5-7-11/h1,3-9H. The molecule has 1 heterocycles. The van der Waals surface area contributed by atoms with Gasteiger partial charge < -0.3 is 4.74 Å². The molecule has 0 amide bonds. The van der Waals surface area contributed by atoms with Crippen molar-refractivity contribution in [3.8, 4) is 18.1 Å². The first-order chi connectivity index (χ1) is 7.79. The number of hydrogen-bond donors (Lipinski definition) is 0. The summed E-state index contributed by atoms with van der Waals surface area (Å²) in [6, 6.07) is 10.6. The Morgan fingerprint density at radius 3 is 2.69 bits per heavy atom. The molecular weight excluding hydrogens is 220 g/mol. The molecule has 0 bridgehead atoms. The summed E-state index contributed by atoms with van der Waals surface area (Å²) < 4.78 is 5.16. The van der Waals surface area contributed by atoms with E-state index in [9.17, 15) is 4.79 Å². The lowest BCUT2D eigenvalue weighted by Gasteiger charge is -2.01. The van der Waals surface area contributed by atoms with Crippen LogP contribution in [0.2, 0.25) is 0 Å². The van der Waals surface area contributed by atoms with E-state index in [1.165, 1.54) is 11.3 Å². The monoisotopic (exact) mass is 228 g/mol. The van der Waals surface area contributed by atoms with E-state index in [1.807, 2.05) is 18.2 Å². The van der Waals surface area contributed by atoms with Gasteiger partial charge in [0.05, 0.1) is 10.4 Å². The molecule has 0 unspecified atom stereocenters. The van der Waals surface area contributed by atoms with Crippen LogP contribution >= 0.6 is 11.3 Å². The average molecular weight is 228 g/mol. The van der Waals surface area contributed by atoms with Crippen molar-refractivity contribution in [2.75, 3.05) is 0 Å². The first kappa shape index (κ1) is 10.5. The van der Waals surface area contributed by atoms with Crippen molar-refractivity contribution >= 4 is 17.3 Å². The number of rotatable bonds is 2. The summed E-state index contributed by atoms with van der Waals surface area (Å²) in [5.41, 5.74) is 0.488. The summed E-state index contributed by atoms with van der Waals surface area (Å²) in [7, 11) is 0. The molecule has 0 aliphatic carbocycles. The van der Waals surface area contributed by atoms with E-state index in [1.54, 1.807) is 23.6 Å². The smallest absolute Gasteiger partial charge is 0.344 e. The normalized spacial score (nSPS) is 9.44. The Morgan fingerprint density at radius 2 is 2.06 bits per heavy atom. The molecule has 0 radical (unpaired) electrons. The highest BCUT2D eigenvalue weighted by molar-refractivity contribution is 7.10. The zero-order valence-corrected chi connectivity index (χ0v) is 9.16. The van der Waals surface area contributed by atoms with E-state index in [-0.39, 0.29) is 5.97 Å². The molecule has 0 aliphatic heterocycles. The molecule has 0 saturated carbocycles. The first-order valence-electron chi connectivity index (χ1n) is 4.62. The van der Waals surface area contributed by atoms with Crippen molar-refractivity contribution < 1.29 is 9.53 Å². The second-order valence-corrected chi connectivity index (χ2v) is 3.96. The lowest BCUT2D eigenvalue weighted by molar-refractivity contribution is 0.0735. The molecule has 0 N–H and O–H groups in total. The SMILES string of the molecule is C#Cc1cc(C(=O)Oc2ccccc2)cs1. The van der Waals surface area contributed by atoms with Gasteiger partial charge in [-0.15, -0.1) is 17.8 Å². The molecule has 78 valence electrons. The third-order valence-corrected chi connectivity index (χ3v) is 2.79. The Kier molecular flexibility index (Phi) is 3.04. The fourth-order valence-electron chi connectivity index (χ4n) is 1.17. The van der Waals surface area contributed by atoms with Crippen molar-refractivity contribution in [1.82, 2.24) is 0 Å². The number of para-hydroxylation sites is 1. The molecule has 2 rings (SSSR count). The maximum atomic E-state index is 11.7. The molecule has 1 aromatic carbocycles. The quantitative estimate of drug-likeness (QED) is 0.449. The Balaban J connectivity index is 2.12. The van der Waals surface area contributed by atoms with Crippen molar-refractivity contribution in [3.05, 3.63) is 52.2 Å². The molecule has 0 atom stereocenters. The minimum atomic E-state index is -0.385. The number of carbonyl (C=O) groups excluding carboxylic acids is 1. The Labute approximate surface area is 97.5 Å². The van der Waals surface area contributed by atoms with Crippen molar-refractivity contribution in [3.63, 3.8) is 0 Å². The third-order valence-electron chi connectivity index (χ3n) is 1.93. The second kappa shape index (κ2) is 4.65. The van der Waals surface area contributed by atoms with E-state index in [0.717, 1.165) is 4.88 Å². The van der Waals surface area contributed by atoms with Gasteiger partial charge in [0.25, 0.3) is 0 Å². The number of esters is 1. The van der Waals surface area contributed by atoms with Gasteiger partial charge in [-0.2, -0.15) is 0 Å². The number of benzene rings is 1. The van der Waals surface area contributed by atoms with Crippen molar-refractivity contribution in [1.29, 1.82) is 0 Å². The molecule has 0 aliphatic rings. The molecule has 3 heteroatoms. The van der Waals surface area contributed by atoms with E-state index in [0.29, 0.717) is 11.3 Å². The highest BCUT2D eigenvalue weighted by atomic mass is 32.1. The lowest BCUT2D eigenvalue weighted by Crippen LogP contribution is -2.06. The maximum Gasteiger partial charge on any atom is 0.344 e. The number of terminal acetylenes is 1. The third kappa shape index (κ3) is 2.30. The zero-order valence-electron chi connectivity index (χ0n) is 8.34. The molecule has 1 aromatic heterocycles. The van der Waals surface area contributed by atoms with E-state index in [2.05, 4.69) is 5.92 Å². The van der Waals surface area contributed by atoms with Crippen LogP contribution in [-0.4, -0.2) is 5.97 Å². The van der Waals surface area contributed by atoms with Gasteiger partial charge in [-0.05, 0) is 18.2 Å². The highest BCUT2D eigenvalue weighted by Crippen LogP contribution is 2.16. The van der Waals surface area contributed by atoms with Crippen molar-refractivity contribution in [2.24, 2.45) is 0 Å². The van der Waals surface area contributed by atoms with E-state index >= 15 is 0 Å².